The van der Waals surface area contributed by atoms with E-state index in [1.165, 1.54) is 24.3 Å². The first kappa shape index (κ1) is 33.3. The third kappa shape index (κ3) is 10.9. The number of aliphatic carboxylic acids is 1. The summed E-state index contributed by atoms with van der Waals surface area (Å²) >= 11 is 0. The van der Waals surface area contributed by atoms with Gasteiger partial charge < -0.3 is 54.0 Å². The zero-order valence-corrected chi connectivity index (χ0v) is 22.8. The third-order valence-electron chi connectivity index (χ3n) is 6.17. The minimum atomic E-state index is -2.10. The number of benzene rings is 1. The molecule has 1 saturated heterocycles. The van der Waals surface area contributed by atoms with Gasteiger partial charge in [0.15, 0.2) is 5.96 Å². The second kappa shape index (κ2) is 16.4. The monoisotopic (exact) mass is 591 g/mol. The summed E-state index contributed by atoms with van der Waals surface area (Å²) in [5.74, 6) is -6.62. The molecule has 230 valence electrons. The van der Waals surface area contributed by atoms with Crippen LogP contribution in [0.4, 0.5) is 0 Å². The number of guanidine groups is 1. The van der Waals surface area contributed by atoms with Crippen LogP contribution in [0.5, 0.6) is 5.75 Å². The summed E-state index contributed by atoms with van der Waals surface area (Å²) in [6.45, 7) is -0.465. The highest BCUT2D eigenvalue weighted by molar-refractivity contribution is 6.06. The lowest BCUT2D eigenvalue weighted by Gasteiger charge is -2.25. The Morgan fingerprint density at radius 3 is 2.02 bits per heavy atom. The number of rotatable bonds is 10. The number of amides is 5. The van der Waals surface area contributed by atoms with E-state index in [0.29, 0.717) is 24.9 Å². The number of hydrogen-bond acceptors (Lipinski definition) is 9. The predicted molar refractivity (Wildman–Crippen MR) is 148 cm³/mol. The predicted octanol–water partition coefficient (Wildman–Crippen LogP) is -4.12. The first-order valence-electron chi connectivity index (χ1n) is 13.2. The molecule has 1 aliphatic heterocycles. The molecule has 17 nitrogen and oxygen atoms in total. The summed E-state index contributed by atoms with van der Waals surface area (Å²) < 4.78 is 0. The van der Waals surface area contributed by atoms with Gasteiger partial charge in [0.1, 0.15) is 23.9 Å². The number of aliphatic imine (C=N–C) groups is 1. The van der Waals surface area contributed by atoms with Crippen molar-refractivity contribution in [1.29, 1.82) is 0 Å². The molecule has 5 amide bonds. The van der Waals surface area contributed by atoms with Gasteiger partial charge in [-0.05, 0) is 49.9 Å². The van der Waals surface area contributed by atoms with Gasteiger partial charge in [-0.25, -0.2) is 4.79 Å². The topological polar surface area (TPSA) is 293 Å². The number of phenols is 1. The fourth-order valence-electron chi connectivity index (χ4n) is 3.97. The standard InChI is InChI=1S/C25H37N9O8/c26-9-2-1-3-15-21(38)32-16(8-10-29-25(27)28)20(37)30-12-18(36)34-19(24(41)42)23(40)33-17(22(39)31-15)11-13-4-6-14(35)7-5-13/h4-7,15-17,19,35H,1-3,8-12,26H2,(H,30,37)(H,31,39)(H,32,38)(H,33,40)(H,34,36)(H,41,42)(H4,27,28,29)/t15-,16-,17+,19+/m0/s1. The van der Waals surface area contributed by atoms with Gasteiger partial charge in [0, 0.05) is 13.0 Å². The normalized spacial score (nSPS) is 22.3. The van der Waals surface area contributed by atoms with Crippen LogP contribution in [0.15, 0.2) is 29.3 Å². The van der Waals surface area contributed by atoms with E-state index in [4.69, 9.17) is 17.2 Å². The molecule has 0 unspecified atom stereocenters. The SMILES string of the molecule is NCCCC[C@@H]1NC(=O)[C@@H](Cc2ccc(O)cc2)NC(=O)[C@H](C(=O)O)NC(=O)CNC(=O)[C@H](CCN=C(N)N)NC1=O. The molecule has 4 atom stereocenters. The van der Waals surface area contributed by atoms with E-state index in [1.807, 2.05) is 5.32 Å². The first-order valence-corrected chi connectivity index (χ1v) is 13.2. The quantitative estimate of drug-likeness (QED) is 0.0539. The van der Waals surface area contributed by atoms with Gasteiger partial charge in [0.25, 0.3) is 5.91 Å². The van der Waals surface area contributed by atoms with Gasteiger partial charge in [-0.15, -0.1) is 0 Å². The summed E-state index contributed by atoms with van der Waals surface area (Å²) in [6.07, 6.45) is 0.830. The van der Waals surface area contributed by atoms with Crippen molar-refractivity contribution in [2.45, 2.75) is 56.3 Å². The summed E-state index contributed by atoms with van der Waals surface area (Å²) in [5.41, 5.74) is 16.7. The Bertz CT molecular complexity index is 1170. The number of carboxylic acids is 1. The van der Waals surface area contributed by atoms with Gasteiger partial charge >= 0.3 is 5.97 Å². The molecule has 1 fully saturated rings. The van der Waals surface area contributed by atoms with Crippen LogP contribution in [0.2, 0.25) is 0 Å². The minimum Gasteiger partial charge on any atom is -0.508 e. The number of phenolic OH excluding ortho intramolecular Hbond substituents is 1. The van der Waals surface area contributed by atoms with E-state index < -0.39 is 66.2 Å². The molecule has 13 N–H and O–H groups in total. The van der Waals surface area contributed by atoms with Crippen LogP contribution in [-0.4, -0.2) is 95.5 Å². The molecule has 0 radical (unpaired) electrons. The number of carboxylic acid groups (broad SMARTS) is 1. The van der Waals surface area contributed by atoms with Crippen LogP contribution in [-0.2, 0) is 35.2 Å². The Hall–Kier alpha value is -4.93. The average Bonchev–Trinajstić information content (AvgIpc) is 2.93. The molecule has 17 heteroatoms. The van der Waals surface area contributed by atoms with Crippen molar-refractivity contribution < 1.29 is 39.0 Å². The first-order chi connectivity index (χ1) is 19.9. The molecule has 0 saturated carbocycles. The van der Waals surface area contributed by atoms with Crippen molar-refractivity contribution in [2.24, 2.45) is 22.2 Å². The van der Waals surface area contributed by atoms with Crippen LogP contribution < -0.4 is 43.8 Å². The minimum absolute atomic E-state index is 0.0443. The van der Waals surface area contributed by atoms with E-state index in [0.717, 1.165) is 0 Å². The number of aromatic hydroxyl groups is 1. The molecular formula is C25H37N9O8. The Kier molecular flexibility index (Phi) is 13.0. The highest BCUT2D eigenvalue weighted by Gasteiger charge is 2.34. The van der Waals surface area contributed by atoms with Crippen molar-refractivity contribution in [2.75, 3.05) is 19.6 Å². The number of hydrogen-bond donors (Lipinski definition) is 10. The van der Waals surface area contributed by atoms with Gasteiger partial charge in [0.2, 0.25) is 29.7 Å². The zero-order valence-electron chi connectivity index (χ0n) is 22.8. The smallest absolute Gasteiger partial charge is 0.336 e. The van der Waals surface area contributed by atoms with Crippen molar-refractivity contribution in [3.05, 3.63) is 29.8 Å². The number of unbranched alkanes of at least 4 members (excludes halogenated alkanes) is 1. The van der Waals surface area contributed by atoms with Crippen molar-refractivity contribution in [3.8, 4) is 5.75 Å². The Morgan fingerprint density at radius 1 is 0.833 bits per heavy atom. The van der Waals surface area contributed by atoms with Crippen LogP contribution in [0.25, 0.3) is 0 Å². The molecule has 1 aliphatic rings. The second-order valence-corrected chi connectivity index (χ2v) is 9.49. The lowest BCUT2D eigenvalue weighted by Crippen LogP contribution is -2.59. The van der Waals surface area contributed by atoms with Gasteiger partial charge in [0.05, 0.1) is 6.54 Å². The number of nitrogens with two attached hydrogens (primary N) is 3. The summed E-state index contributed by atoms with van der Waals surface area (Å²) in [6, 6.07) is -0.220. The van der Waals surface area contributed by atoms with Crippen LogP contribution >= 0.6 is 0 Å². The molecule has 0 aromatic heterocycles. The highest BCUT2D eigenvalue weighted by atomic mass is 16.4. The maximum Gasteiger partial charge on any atom is 0.336 e. The van der Waals surface area contributed by atoms with Crippen LogP contribution in [0.3, 0.4) is 0 Å². The molecule has 0 spiro atoms. The van der Waals surface area contributed by atoms with Crippen molar-refractivity contribution >= 4 is 41.5 Å². The van der Waals surface area contributed by atoms with E-state index in [1.54, 1.807) is 0 Å². The number of nitrogens with zero attached hydrogens (tertiary/aromatic N) is 1. The summed E-state index contributed by atoms with van der Waals surface area (Å²) in [7, 11) is 0. The summed E-state index contributed by atoms with van der Waals surface area (Å²) in [5, 5.41) is 30.9. The Labute approximate surface area is 241 Å². The zero-order chi connectivity index (χ0) is 31.2. The van der Waals surface area contributed by atoms with E-state index in [2.05, 4.69) is 26.3 Å². The van der Waals surface area contributed by atoms with Crippen LogP contribution in [0.1, 0.15) is 31.2 Å². The maximum atomic E-state index is 13.5. The molecule has 0 bridgehead atoms. The fourth-order valence-corrected chi connectivity index (χ4v) is 3.97. The fraction of sp³-hybridized carbons (Fsp3) is 0.480. The lowest BCUT2D eigenvalue weighted by molar-refractivity contribution is -0.147. The van der Waals surface area contributed by atoms with E-state index in [9.17, 15) is 39.0 Å². The maximum absolute atomic E-state index is 13.5. The van der Waals surface area contributed by atoms with Gasteiger partial charge in [-0.1, -0.05) is 12.1 Å². The van der Waals surface area contributed by atoms with Crippen LogP contribution in [0, 0.1) is 0 Å². The summed E-state index contributed by atoms with van der Waals surface area (Å²) in [4.78, 5) is 80.7. The number of carbonyl (C=O) groups is 6. The average molecular weight is 592 g/mol. The van der Waals surface area contributed by atoms with Gasteiger partial charge in [-0.2, -0.15) is 0 Å². The molecule has 1 aromatic rings. The molecule has 0 aliphatic carbocycles. The molecule has 1 heterocycles. The number of carbonyl (C=O) groups excluding carboxylic acids is 5. The van der Waals surface area contributed by atoms with E-state index >= 15 is 0 Å². The largest absolute Gasteiger partial charge is 0.508 e. The van der Waals surface area contributed by atoms with E-state index in [-0.39, 0.29) is 37.5 Å². The molecule has 42 heavy (non-hydrogen) atoms. The lowest BCUT2D eigenvalue weighted by atomic mass is 10.0. The van der Waals surface area contributed by atoms with Gasteiger partial charge in [-0.3, -0.25) is 29.0 Å². The Morgan fingerprint density at radius 2 is 1.43 bits per heavy atom. The Balaban J connectivity index is 2.47. The van der Waals surface area contributed by atoms with Crippen molar-refractivity contribution in [1.82, 2.24) is 26.6 Å². The highest BCUT2D eigenvalue weighted by Crippen LogP contribution is 2.12. The third-order valence-corrected chi connectivity index (χ3v) is 6.17. The molecule has 1 aromatic carbocycles. The van der Waals surface area contributed by atoms with Crippen molar-refractivity contribution in [3.63, 3.8) is 0 Å². The number of nitrogens with one attached hydrogen (secondary N) is 5. The second-order valence-electron chi connectivity index (χ2n) is 9.49. The molecular weight excluding hydrogens is 554 g/mol. The molecule has 2 rings (SSSR count).